The Hall–Kier alpha value is -0.820. The second-order valence-corrected chi connectivity index (χ2v) is 4.39. The van der Waals surface area contributed by atoms with Crippen LogP contribution in [0.5, 0.6) is 0 Å². The Bertz CT molecular complexity index is 339. The summed E-state index contributed by atoms with van der Waals surface area (Å²) in [4.78, 5) is 0. The molecule has 1 nitrogen and oxygen atoms in total. The Morgan fingerprint density at radius 3 is 2.71 bits per heavy atom. The summed E-state index contributed by atoms with van der Waals surface area (Å²) >= 11 is 0. The lowest BCUT2D eigenvalue weighted by atomic mass is 9.88. The van der Waals surface area contributed by atoms with Crippen molar-refractivity contribution in [3.8, 4) is 0 Å². The van der Waals surface area contributed by atoms with Crippen LogP contribution in [0.25, 0.3) is 0 Å². The van der Waals surface area contributed by atoms with Crippen molar-refractivity contribution < 1.29 is 4.74 Å². The average molecular weight is 190 g/mol. The van der Waals surface area contributed by atoms with Crippen molar-refractivity contribution in [2.75, 3.05) is 6.61 Å². The summed E-state index contributed by atoms with van der Waals surface area (Å²) in [6.07, 6.45) is 1.09. The summed E-state index contributed by atoms with van der Waals surface area (Å²) in [5.74, 6) is 0.627. The zero-order valence-corrected chi connectivity index (χ0v) is 9.26. The first-order chi connectivity index (χ1) is 6.70. The molecule has 0 aliphatic carbocycles. The molecule has 0 amide bonds. The van der Waals surface area contributed by atoms with E-state index in [1.54, 1.807) is 5.56 Å². The van der Waals surface area contributed by atoms with Gasteiger partial charge in [-0.25, -0.2) is 0 Å². The van der Waals surface area contributed by atoms with Crippen LogP contribution in [0.4, 0.5) is 0 Å². The van der Waals surface area contributed by atoms with E-state index in [4.69, 9.17) is 4.74 Å². The molecule has 1 aliphatic heterocycles. The first-order valence-electron chi connectivity index (χ1n) is 5.39. The smallest absolute Gasteiger partial charge is 0.0722 e. The predicted molar refractivity (Wildman–Crippen MR) is 58.6 cm³/mol. The molecule has 0 saturated carbocycles. The maximum atomic E-state index is 5.51. The van der Waals surface area contributed by atoms with Crippen molar-refractivity contribution in [2.24, 2.45) is 0 Å². The fraction of sp³-hybridized carbons (Fsp3) is 0.538. The number of ether oxygens (including phenoxy) is 1. The summed E-state index contributed by atoms with van der Waals surface area (Å²) < 4.78 is 5.51. The molecule has 14 heavy (non-hydrogen) atoms. The van der Waals surface area contributed by atoms with Gasteiger partial charge in [0.05, 0.1) is 13.2 Å². The van der Waals surface area contributed by atoms with Crippen LogP contribution in [0.1, 0.15) is 42.0 Å². The Morgan fingerprint density at radius 1 is 1.21 bits per heavy atom. The Balaban J connectivity index is 2.53. The van der Waals surface area contributed by atoms with E-state index in [1.807, 2.05) is 0 Å². The molecular formula is C13H18O. The first kappa shape index (κ1) is 9.72. The lowest BCUT2D eigenvalue weighted by Gasteiger charge is -2.23. The van der Waals surface area contributed by atoms with Crippen LogP contribution in [0, 0.1) is 6.92 Å². The van der Waals surface area contributed by atoms with E-state index in [9.17, 15) is 0 Å². The van der Waals surface area contributed by atoms with Crippen molar-refractivity contribution in [1.82, 2.24) is 0 Å². The highest BCUT2D eigenvalue weighted by molar-refractivity contribution is 5.42. The second-order valence-electron chi connectivity index (χ2n) is 4.39. The van der Waals surface area contributed by atoms with Gasteiger partial charge in [-0.3, -0.25) is 0 Å². The van der Waals surface area contributed by atoms with Gasteiger partial charge in [0.1, 0.15) is 0 Å². The van der Waals surface area contributed by atoms with Gasteiger partial charge in [0.25, 0.3) is 0 Å². The van der Waals surface area contributed by atoms with Gasteiger partial charge < -0.3 is 4.74 Å². The Labute approximate surface area is 86.1 Å². The van der Waals surface area contributed by atoms with Crippen LogP contribution in [0.2, 0.25) is 0 Å². The van der Waals surface area contributed by atoms with E-state index in [1.165, 1.54) is 16.7 Å². The number of fused-ring (bicyclic) bond motifs is 1. The molecule has 1 aromatic carbocycles. The van der Waals surface area contributed by atoms with E-state index in [-0.39, 0.29) is 0 Å². The Kier molecular flexibility index (Phi) is 2.60. The minimum atomic E-state index is 0.627. The molecule has 0 unspecified atom stereocenters. The average Bonchev–Trinajstić information content (AvgIpc) is 2.18. The van der Waals surface area contributed by atoms with E-state index >= 15 is 0 Å². The number of hydrogen-bond acceptors (Lipinski definition) is 1. The predicted octanol–water partition coefficient (Wildman–Crippen LogP) is 3.19. The van der Waals surface area contributed by atoms with Crippen LogP contribution in [-0.4, -0.2) is 6.61 Å². The normalized spacial score (nSPS) is 15.7. The number of rotatable bonds is 1. The van der Waals surface area contributed by atoms with Crippen molar-refractivity contribution in [2.45, 2.75) is 39.7 Å². The Morgan fingerprint density at radius 2 is 2.00 bits per heavy atom. The highest BCUT2D eigenvalue weighted by atomic mass is 16.5. The lowest BCUT2D eigenvalue weighted by molar-refractivity contribution is 0.110. The van der Waals surface area contributed by atoms with Crippen molar-refractivity contribution in [1.29, 1.82) is 0 Å². The van der Waals surface area contributed by atoms with E-state index in [2.05, 4.69) is 32.9 Å². The number of hydrogen-bond donors (Lipinski definition) is 0. The minimum absolute atomic E-state index is 0.627. The van der Waals surface area contributed by atoms with Crippen molar-refractivity contribution in [3.63, 3.8) is 0 Å². The fourth-order valence-corrected chi connectivity index (χ4v) is 2.21. The number of benzene rings is 1. The highest BCUT2D eigenvalue weighted by Gasteiger charge is 2.16. The zero-order chi connectivity index (χ0) is 10.1. The lowest BCUT2D eigenvalue weighted by Crippen LogP contribution is -2.14. The van der Waals surface area contributed by atoms with Crippen LogP contribution in [0.3, 0.4) is 0 Å². The monoisotopic (exact) mass is 190 g/mol. The molecule has 76 valence electrons. The van der Waals surface area contributed by atoms with E-state index < -0.39 is 0 Å². The molecule has 0 aromatic heterocycles. The molecule has 0 spiro atoms. The molecule has 1 heterocycles. The van der Waals surface area contributed by atoms with Crippen LogP contribution >= 0.6 is 0 Å². The summed E-state index contributed by atoms with van der Waals surface area (Å²) in [7, 11) is 0. The summed E-state index contributed by atoms with van der Waals surface area (Å²) in [6.45, 7) is 8.40. The van der Waals surface area contributed by atoms with E-state index in [0.717, 1.165) is 19.6 Å². The van der Waals surface area contributed by atoms with E-state index in [0.29, 0.717) is 5.92 Å². The molecular weight excluding hydrogens is 172 g/mol. The highest BCUT2D eigenvalue weighted by Crippen LogP contribution is 2.28. The molecule has 2 rings (SSSR count). The molecule has 0 saturated heterocycles. The third-order valence-electron chi connectivity index (χ3n) is 3.07. The van der Waals surface area contributed by atoms with Crippen LogP contribution in [-0.2, 0) is 17.8 Å². The van der Waals surface area contributed by atoms with Gasteiger partial charge in [-0.05, 0) is 41.5 Å². The van der Waals surface area contributed by atoms with Crippen LogP contribution < -0.4 is 0 Å². The molecule has 0 atom stereocenters. The third kappa shape index (κ3) is 1.57. The summed E-state index contributed by atoms with van der Waals surface area (Å²) in [5.41, 5.74) is 5.87. The summed E-state index contributed by atoms with van der Waals surface area (Å²) in [6, 6.07) is 4.51. The van der Waals surface area contributed by atoms with Gasteiger partial charge in [0.15, 0.2) is 0 Å². The third-order valence-corrected chi connectivity index (χ3v) is 3.07. The van der Waals surface area contributed by atoms with Gasteiger partial charge >= 0.3 is 0 Å². The number of aryl methyl sites for hydroxylation is 1. The topological polar surface area (TPSA) is 9.23 Å². The molecule has 1 heteroatoms. The maximum Gasteiger partial charge on any atom is 0.0722 e. The molecule has 0 radical (unpaired) electrons. The summed E-state index contributed by atoms with van der Waals surface area (Å²) in [5, 5.41) is 0. The second kappa shape index (κ2) is 3.74. The van der Waals surface area contributed by atoms with Crippen molar-refractivity contribution >= 4 is 0 Å². The van der Waals surface area contributed by atoms with Gasteiger partial charge in [-0.15, -0.1) is 0 Å². The largest absolute Gasteiger partial charge is 0.376 e. The van der Waals surface area contributed by atoms with Gasteiger partial charge in [0, 0.05) is 0 Å². The van der Waals surface area contributed by atoms with Gasteiger partial charge in [-0.2, -0.15) is 0 Å². The van der Waals surface area contributed by atoms with Gasteiger partial charge in [0.2, 0.25) is 0 Å². The molecule has 1 aromatic rings. The molecule has 0 N–H and O–H groups in total. The minimum Gasteiger partial charge on any atom is -0.376 e. The quantitative estimate of drug-likeness (QED) is 0.661. The van der Waals surface area contributed by atoms with Crippen LogP contribution in [0.15, 0.2) is 12.1 Å². The zero-order valence-electron chi connectivity index (χ0n) is 9.26. The molecule has 0 bridgehead atoms. The molecule has 1 aliphatic rings. The standard InChI is InChI=1S/C13H18O/c1-9(2)11-5-4-10(3)13-8-14-7-6-12(11)13/h4-5,9H,6-8H2,1-3H3. The maximum absolute atomic E-state index is 5.51. The molecule has 0 fully saturated rings. The van der Waals surface area contributed by atoms with Gasteiger partial charge in [-0.1, -0.05) is 26.0 Å². The SMILES string of the molecule is Cc1ccc(C(C)C)c2c1COCC2. The first-order valence-corrected chi connectivity index (χ1v) is 5.39. The van der Waals surface area contributed by atoms with Crippen molar-refractivity contribution in [3.05, 3.63) is 34.4 Å². The fourth-order valence-electron chi connectivity index (χ4n) is 2.21.